The lowest BCUT2D eigenvalue weighted by molar-refractivity contribution is -0.159. The standard InChI is InChI=1S/C15H16N2O3/c1-16-11-17-10-13(2-3-14(17)18)12-4-6-15(7-5-12)19-8-9-20-15/h2-4,10H,5-9,11H2. The molecule has 1 aromatic heterocycles. The Bertz CT molecular complexity index is 633. The number of hydrogen-bond donors (Lipinski definition) is 0. The van der Waals surface area contributed by atoms with Gasteiger partial charge in [-0.1, -0.05) is 6.08 Å². The number of ether oxygens (including phenoxy) is 2. The molecule has 20 heavy (non-hydrogen) atoms. The number of nitrogens with zero attached hydrogens (tertiary/aromatic N) is 2. The predicted molar refractivity (Wildman–Crippen MR) is 73.8 cm³/mol. The van der Waals surface area contributed by atoms with Crippen LogP contribution in [0.5, 0.6) is 0 Å². The Hall–Kier alpha value is -1.90. The maximum Gasteiger partial charge on any atom is 0.295 e. The van der Waals surface area contributed by atoms with Crippen LogP contribution in [-0.4, -0.2) is 23.6 Å². The van der Waals surface area contributed by atoms with Crippen molar-refractivity contribution in [1.82, 2.24) is 4.57 Å². The van der Waals surface area contributed by atoms with Gasteiger partial charge in [-0.15, -0.1) is 0 Å². The van der Waals surface area contributed by atoms with E-state index in [1.165, 1.54) is 16.2 Å². The van der Waals surface area contributed by atoms with Crippen LogP contribution in [0.4, 0.5) is 0 Å². The van der Waals surface area contributed by atoms with E-state index in [1.54, 1.807) is 6.20 Å². The van der Waals surface area contributed by atoms with Crippen LogP contribution in [0.2, 0.25) is 0 Å². The molecule has 5 nitrogen and oxygen atoms in total. The molecule has 0 atom stereocenters. The van der Waals surface area contributed by atoms with Crippen molar-refractivity contribution < 1.29 is 9.47 Å². The van der Waals surface area contributed by atoms with Gasteiger partial charge in [-0.2, -0.15) is 0 Å². The molecule has 104 valence electrons. The first-order valence-corrected chi connectivity index (χ1v) is 6.73. The summed E-state index contributed by atoms with van der Waals surface area (Å²) in [5.41, 5.74) is 2.05. The van der Waals surface area contributed by atoms with Crippen molar-refractivity contribution in [2.24, 2.45) is 0 Å². The van der Waals surface area contributed by atoms with E-state index in [1.807, 2.05) is 6.07 Å². The average molecular weight is 272 g/mol. The molecule has 1 spiro atoms. The number of rotatable bonds is 2. The number of allylic oxidation sites excluding steroid dienone is 1. The second kappa shape index (κ2) is 5.23. The monoisotopic (exact) mass is 272 g/mol. The highest BCUT2D eigenvalue weighted by Gasteiger charge is 2.37. The molecule has 3 rings (SSSR count). The van der Waals surface area contributed by atoms with E-state index in [4.69, 9.17) is 16.0 Å². The zero-order valence-electron chi connectivity index (χ0n) is 11.2. The quantitative estimate of drug-likeness (QED) is 0.774. The van der Waals surface area contributed by atoms with Crippen molar-refractivity contribution in [3.63, 3.8) is 0 Å². The van der Waals surface area contributed by atoms with Crippen LogP contribution >= 0.6 is 0 Å². The van der Waals surface area contributed by atoms with Gasteiger partial charge in [0, 0.05) is 25.1 Å². The summed E-state index contributed by atoms with van der Waals surface area (Å²) in [6.45, 7) is 8.28. The second-order valence-corrected chi connectivity index (χ2v) is 5.07. The largest absolute Gasteiger partial charge is 0.347 e. The SMILES string of the molecule is [C-]#[N+]Cn1cc(C2=CCC3(CC2)OCCO3)ccc1=O. The molecule has 0 amide bonds. The van der Waals surface area contributed by atoms with Crippen LogP contribution in [-0.2, 0) is 16.1 Å². The van der Waals surface area contributed by atoms with Gasteiger partial charge in [-0.05, 0) is 23.6 Å². The Morgan fingerprint density at radius 2 is 2.15 bits per heavy atom. The molecule has 1 aromatic rings. The van der Waals surface area contributed by atoms with Crippen LogP contribution in [0.25, 0.3) is 10.4 Å². The van der Waals surface area contributed by atoms with Crippen LogP contribution in [0.3, 0.4) is 0 Å². The van der Waals surface area contributed by atoms with Crippen LogP contribution in [0, 0.1) is 6.57 Å². The molecule has 1 saturated heterocycles. The summed E-state index contributed by atoms with van der Waals surface area (Å²) < 4.78 is 12.8. The first-order chi connectivity index (χ1) is 9.72. The summed E-state index contributed by atoms with van der Waals surface area (Å²) >= 11 is 0. The molecular weight excluding hydrogens is 256 g/mol. The Kier molecular flexibility index (Phi) is 3.43. The van der Waals surface area contributed by atoms with Crippen molar-refractivity contribution >= 4 is 5.57 Å². The molecule has 0 bridgehead atoms. The summed E-state index contributed by atoms with van der Waals surface area (Å²) in [7, 11) is 0. The Morgan fingerprint density at radius 3 is 2.80 bits per heavy atom. The van der Waals surface area contributed by atoms with Gasteiger partial charge in [-0.3, -0.25) is 9.64 Å². The molecule has 1 fully saturated rings. The molecule has 5 heteroatoms. The lowest BCUT2D eigenvalue weighted by atomic mass is 9.90. The van der Waals surface area contributed by atoms with Crippen LogP contribution in [0.1, 0.15) is 24.8 Å². The van der Waals surface area contributed by atoms with Crippen molar-refractivity contribution in [3.05, 3.63) is 51.7 Å². The maximum absolute atomic E-state index is 11.6. The third kappa shape index (κ3) is 2.40. The minimum atomic E-state index is -0.422. The van der Waals surface area contributed by atoms with Gasteiger partial charge < -0.3 is 9.47 Å². The molecule has 2 heterocycles. The molecule has 2 aliphatic rings. The number of pyridine rings is 1. The molecule has 0 radical (unpaired) electrons. The molecular formula is C15H16N2O3. The zero-order valence-corrected chi connectivity index (χ0v) is 11.2. The Morgan fingerprint density at radius 1 is 1.35 bits per heavy atom. The fraction of sp³-hybridized carbons (Fsp3) is 0.467. The predicted octanol–water partition coefficient (Wildman–Crippen LogP) is 2.04. The maximum atomic E-state index is 11.6. The van der Waals surface area contributed by atoms with E-state index in [9.17, 15) is 4.79 Å². The smallest absolute Gasteiger partial charge is 0.295 e. The van der Waals surface area contributed by atoms with E-state index in [0.29, 0.717) is 13.2 Å². The number of aromatic nitrogens is 1. The van der Waals surface area contributed by atoms with Crippen LogP contribution in [0.15, 0.2) is 29.2 Å². The topological polar surface area (TPSA) is 44.8 Å². The van der Waals surface area contributed by atoms with Gasteiger partial charge >= 0.3 is 0 Å². The van der Waals surface area contributed by atoms with E-state index in [2.05, 4.69) is 10.9 Å². The highest BCUT2D eigenvalue weighted by molar-refractivity contribution is 5.65. The highest BCUT2D eigenvalue weighted by Crippen LogP contribution is 2.37. The lowest BCUT2D eigenvalue weighted by Crippen LogP contribution is -2.31. The van der Waals surface area contributed by atoms with Gasteiger partial charge in [0.05, 0.1) is 13.2 Å². The van der Waals surface area contributed by atoms with Gasteiger partial charge in [0.15, 0.2) is 5.79 Å². The zero-order chi connectivity index (χ0) is 14.0. The van der Waals surface area contributed by atoms with Crippen molar-refractivity contribution in [2.45, 2.75) is 31.7 Å². The van der Waals surface area contributed by atoms with Crippen molar-refractivity contribution in [1.29, 1.82) is 0 Å². The van der Waals surface area contributed by atoms with E-state index in [-0.39, 0.29) is 12.2 Å². The summed E-state index contributed by atoms with van der Waals surface area (Å²) in [5.74, 6) is -0.422. The summed E-state index contributed by atoms with van der Waals surface area (Å²) in [6, 6.07) is 3.34. The minimum absolute atomic E-state index is 0.0656. The first-order valence-electron chi connectivity index (χ1n) is 6.73. The Labute approximate surface area is 117 Å². The number of hydrogen-bond acceptors (Lipinski definition) is 3. The van der Waals surface area contributed by atoms with Crippen molar-refractivity contribution in [3.8, 4) is 0 Å². The van der Waals surface area contributed by atoms with E-state index in [0.717, 1.165) is 24.8 Å². The molecule has 0 unspecified atom stereocenters. The highest BCUT2D eigenvalue weighted by atomic mass is 16.7. The third-order valence-corrected chi connectivity index (χ3v) is 3.83. The van der Waals surface area contributed by atoms with Gasteiger partial charge in [-0.25, -0.2) is 11.1 Å². The van der Waals surface area contributed by atoms with Gasteiger partial charge in [0.2, 0.25) is 0 Å². The Balaban J connectivity index is 1.84. The normalized spacial score (nSPS) is 20.6. The van der Waals surface area contributed by atoms with Gasteiger partial charge in [0.1, 0.15) is 0 Å². The molecule has 1 aliphatic heterocycles. The first kappa shape index (κ1) is 13.1. The summed E-state index contributed by atoms with van der Waals surface area (Å²) in [6.07, 6.45) is 6.32. The summed E-state index contributed by atoms with van der Waals surface area (Å²) in [4.78, 5) is 14.9. The van der Waals surface area contributed by atoms with E-state index >= 15 is 0 Å². The molecule has 0 saturated carbocycles. The average Bonchev–Trinajstić information content (AvgIpc) is 2.91. The van der Waals surface area contributed by atoms with Crippen LogP contribution < -0.4 is 5.56 Å². The fourth-order valence-electron chi connectivity index (χ4n) is 2.74. The second-order valence-electron chi connectivity index (χ2n) is 5.07. The van der Waals surface area contributed by atoms with Gasteiger partial charge in [0.25, 0.3) is 12.2 Å². The summed E-state index contributed by atoms with van der Waals surface area (Å²) in [5, 5.41) is 0. The lowest BCUT2D eigenvalue weighted by Gasteiger charge is -2.30. The third-order valence-electron chi connectivity index (χ3n) is 3.83. The molecule has 0 N–H and O–H groups in total. The van der Waals surface area contributed by atoms with Crippen molar-refractivity contribution in [2.75, 3.05) is 13.2 Å². The fourth-order valence-corrected chi connectivity index (χ4v) is 2.74. The molecule has 1 aliphatic carbocycles. The van der Waals surface area contributed by atoms with E-state index < -0.39 is 5.79 Å². The minimum Gasteiger partial charge on any atom is -0.347 e. The molecule has 0 aromatic carbocycles.